The quantitative estimate of drug-likeness (QED) is 0.791. The van der Waals surface area contributed by atoms with Crippen molar-refractivity contribution in [2.24, 2.45) is 7.05 Å². The second-order valence-electron chi connectivity index (χ2n) is 4.38. The fourth-order valence-electron chi connectivity index (χ4n) is 2.24. The van der Waals surface area contributed by atoms with Crippen LogP contribution in [0.3, 0.4) is 0 Å². The molecule has 2 rings (SSSR count). The van der Waals surface area contributed by atoms with Gasteiger partial charge in [0.2, 0.25) is 0 Å². The molecule has 1 aromatic rings. The number of hydrogen-bond donors (Lipinski definition) is 0. The molecule has 16 heavy (non-hydrogen) atoms. The molecule has 86 valence electrons. The molecule has 1 aliphatic rings. The Morgan fingerprint density at radius 1 is 1.38 bits per heavy atom. The van der Waals surface area contributed by atoms with Crippen LogP contribution in [-0.2, 0) is 7.05 Å². The van der Waals surface area contributed by atoms with Crippen LogP contribution in [0.25, 0.3) is 0 Å². The zero-order chi connectivity index (χ0) is 11.5. The molecule has 0 unspecified atom stereocenters. The molecule has 0 amide bonds. The fraction of sp³-hybridized carbons (Fsp3) is 0.667. The Bertz CT molecular complexity index is 411. The Hall–Kier alpha value is -0.950. The monoisotopic (exact) mass is 235 g/mol. The van der Waals surface area contributed by atoms with Gasteiger partial charge >= 0.3 is 0 Å². The number of thioether (sulfide) groups is 1. The third-order valence-electron chi connectivity index (χ3n) is 3.11. The topological polar surface area (TPSA) is 41.6 Å². The molecule has 3 nitrogen and oxygen atoms in total. The standard InChI is InChI=1S/C12H17N3S/c1-9-11(8-13)12(15(2)14-9)16-10-6-4-3-5-7-10/h10H,3-7H2,1-2H3. The summed E-state index contributed by atoms with van der Waals surface area (Å²) in [6.07, 6.45) is 6.58. The summed E-state index contributed by atoms with van der Waals surface area (Å²) in [6, 6.07) is 2.27. The van der Waals surface area contributed by atoms with E-state index >= 15 is 0 Å². The molecule has 1 saturated carbocycles. The first-order chi connectivity index (χ1) is 7.72. The maximum absolute atomic E-state index is 9.13. The molecule has 0 N–H and O–H groups in total. The number of nitriles is 1. The Kier molecular flexibility index (Phi) is 3.55. The van der Waals surface area contributed by atoms with Crippen molar-refractivity contribution in [1.82, 2.24) is 9.78 Å². The van der Waals surface area contributed by atoms with Crippen LogP contribution in [0.2, 0.25) is 0 Å². The van der Waals surface area contributed by atoms with E-state index in [9.17, 15) is 0 Å². The molecule has 0 saturated heterocycles. The largest absolute Gasteiger partial charge is 0.260 e. The third-order valence-corrected chi connectivity index (χ3v) is 4.61. The van der Waals surface area contributed by atoms with Crippen LogP contribution in [0.15, 0.2) is 5.03 Å². The molecule has 0 radical (unpaired) electrons. The smallest absolute Gasteiger partial charge is 0.112 e. The highest BCUT2D eigenvalue weighted by molar-refractivity contribution is 7.99. The van der Waals surface area contributed by atoms with E-state index < -0.39 is 0 Å². The van der Waals surface area contributed by atoms with Gasteiger partial charge in [-0.25, -0.2) is 0 Å². The predicted octanol–water partition coefficient (Wildman–Crippen LogP) is 3.03. The summed E-state index contributed by atoms with van der Waals surface area (Å²) in [7, 11) is 1.93. The second kappa shape index (κ2) is 4.92. The van der Waals surface area contributed by atoms with E-state index in [1.807, 2.05) is 30.4 Å². The minimum absolute atomic E-state index is 0.677. The summed E-state index contributed by atoms with van der Waals surface area (Å²) in [5.41, 5.74) is 1.61. The van der Waals surface area contributed by atoms with Gasteiger partial charge in [0.25, 0.3) is 0 Å². The second-order valence-corrected chi connectivity index (χ2v) is 5.67. The van der Waals surface area contributed by atoms with Crippen LogP contribution in [0.4, 0.5) is 0 Å². The van der Waals surface area contributed by atoms with Gasteiger partial charge in [-0.2, -0.15) is 10.4 Å². The Balaban J connectivity index is 2.17. The zero-order valence-corrected chi connectivity index (χ0v) is 10.7. The van der Waals surface area contributed by atoms with Crippen LogP contribution < -0.4 is 0 Å². The fourth-order valence-corrected chi connectivity index (χ4v) is 3.63. The van der Waals surface area contributed by atoms with Gasteiger partial charge in [-0.1, -0.05) is 19.3 Å². The Morgan fingerprint density at radius 2 is 2.06 bits per heavy atom. The van der Waals surface area contributed by atoms with E-state index in [0.29, 0.717) is 5.25 Å². The molecule has 1 aliphatic carbocycles. The highest BCUT2D eigenvalue weighted by Crippen LogP contribution is 2.35. The van der Waals surface area contributed by atoms with Gasteiger partial charge in [0, 0.05) is 12.3 Å². The molecule has 0 spiro atoms. The SMILES string of the molecule is Cc1nn(C)c(SC2CCCCC2)c1C#N. The van der Waals surface area contributed by atoms with Gasteiger partial charge < -0.3 is 0 Å². The lowest BCUT2D eigenvalue weighted by atomic mass is 10.0. The predicted molar refractivity (Wildman–Crippen MR) is 65.4 cm³/mol. The third kappa shape index (κ3) is 2.25. The Morgan fingerprint density at radius 3 is 2.69 bits per heavy atom. The molecular formula is C12H17N3S. The van der Waals surface area contributed by atoms with Crippen molar-refractivity contribution in [1.29, 1.82) is 5.26 Å². The number of aryl methyl sites for hydroxylation is 2. The highest BCUT2D eigenvalue weighted by atomic mass is 32.2. The van der Waals surface area contributed by atoms with Gasteiger partial charge in [0.15, 0.2) is 0 Å². The summed E-state index contributed by atoms with van der Waals surface area (Å²) >= 11 is 1.84. The maximum atomic E-state index is 9.13. The van der Waals surface area contributed by atoms with E-state index in [4.69, 9.17) is 5.26 Å². The van der Waals surface area contributed by atoms with Crippen molar-refractivity contribution < 1.29 is 0 Å². The molecule has 0 aromatic carbocycles. The minimum Gasteiger partial charge on any atom is -0.260 e. The minimum atomic E-state index is 0.677. The molecule has 0 bridgehead atoms. The van der Waals surface area contributed by atoms with Crippen molar-refractivity contribution in [3.63, 3.8) is 0 Å². The number of nitrogens with zero attached hydrogens (tertiary/aromatic N) is 3. The lowest BCUT2D eigenvalue weighted by molar-refractivity contribution is 0.514. The lowest BCUT2D eigenvalue weighted by Crippen LogP contribution is -2.09. The molecule has 4 heteroatoms. The maximum Gasteiger partial charge on any atom is 0.112 e. The van der Waals surface area contributed by atoms with Crippen LogP contribution in [0, 0.1) is 18.3 Å². The lowest BCUT2D eigenvalue weighted by Gasteiger charge is -2.20. The van der Waals surface area contributed by atoms with E-state index in [-0.39, 0.29) is 0 Å². The number of aromatic nitrogens is 2. The summed E-state index contributed by atoms with van der Waals surface area (Å²) in [6.45, 7) is 1.91. The molecule has 1 aromatic heterocycles. The van der Waals surface area contributed by atoms with Crippen LogP contribution in [0.1, 0.15) is 43.4 Å². The normalized spacial score (nSPS) is 17.3. The van der Waals surface area contributed by atoms with E-state index in [0.717, 1.165) is 16.3 Å². The van der Waals surface area contributed by atoms with Crippen molar-refractivity contribution >= 4 is 11.8 Å². The van der Waals surface area contributed by atoms with Gasteiger partial charge in [0.1, 0.15) is 16.7 Å². The van der Waals surface area contributed by atoms with Gasteiger partial charge in [-0.15, -0.1) is 11.8 Å². The van der Waals surface area contributed by atoms with Crippen molar-refractivity contribution in [3.05, 3.63) is 11.3 Å². The molecule has 0 aliphatic heterocycles. The van der Waals surface area contributed by atoms with Crippen LogP contribution in [0.5, 0.6) is 0 Å². The molecule has 0 atom stereocenters. The Labute approximate surface area is 101 Å². The summed E-state index contributed by atoms with van der Waals surface area (Å²) < 4.78 is 1.85. The molecule has 1 heterocycles. The number of hydrogen-bond acceptors (Lipinski definition) is 3. The van der Waals surface area contributed by atoms with Gasteiger partial charge in [-0.05, 0) is 19.8 Å². The number of rotatable bonds is 2. The first-order valence-corrected chi connectivity index (χ1v) is 6.70. The molecule has 1 fully saturated rings. The van der Waals surface area contributed by atoms with Crippen molar-refractivity contribution in [2.45, 2.75) is 49.3 Å². The summed E-state index contributed by atoms with van der Waals surface area (Å²) in [5, 5.41) is 15.2. The first-order valence-electron chi connectivity index (χ1n) is 5.82. The van der Waals surface area contributed by atoms with Crippen molar-refractivity contribution in [2.75, 3.05) is 0 Å². The average Bonchev–Trinajstić information content (AvgIpc) is 2.55. The zero-order valence-electron chi connectivity index (χ0n) is 9.86. The van der Waals surface area contributed by atoms with E-state index in [1.54, 1.807) is 0 Å². The average molecular weight is 235 g/mol. The van der Waals surface area contributed by atoms with Crippen LogP contribution >= 0.6 is 11.8 Å². The highest BCUT2D eigenvalue weighted by Gasteiger charge is 2.20. The van der Waals surface area contributed by atoms with E-state index in [2.05, 4.69) is 11.2 Å². The summed E-state index contributed by atoms with van der Waals surface area (Å²) in [4.78, 5) is 0. The summed E-state index contributed by atoms with van der Waals surface area (Å²) in [5.74, 6) is 0. The van der Waals surface area contributed by atoms with E-state index in [1.165, 1.54) is 32.1 Å². The van der Waals surface area contributed by atoms with Gasteiger partial charge in [0.05, 0.1) is 5.69 Å². The molecular weight excluding hydrogens is 218 g/mol. The first kappa shape index (κ1) is 11.5. The van der Waals surface area contributed by atoms with Gasteiger partial charge in [-0.3, -0.25) is 4.68 Å². The van der Waals surface area contributed by atoms with Crippen LogP contribution in [-0.4, -0.2) is 15.0 Å². The van der Waals surface area contributed by atoms with Crippen molar-refractivity contribution in [3.8, 4) is 6.07 Å².